The molecule has 1 saturated carbocycles. The zero-order valence-electron chi connectivity index (χ0n) is 12.5. The van der Waals surface area contributed by atoms with Crippen LogP contribution in [-0.2, 0) is 4.74 Å². The highest BCUT2D eigenvalue weighted by atomic mass is 16.5. The topological polar surface area (TPSA) is 46.5 Å². The first kappa shape index (κ1) is 14.4. The molecule has 0 amide bonds. The molecular weight excluding hydrogens is 276 g/mol. The normalized spacial score (nSPS) is 13.7. The van der Waals surface area contributed by atoms with E-state index in [9.17, 15) is 9.90 Å². The van der Waals surface area contributed by atoms with Gasteiger partial charge >= 0.3 is 5.97 Å². The Morgan fingerprint density at radius 1 is 1.14 bits per heavy atom. The molecule has 1 aliphatic carbocycles. The number of carbonyl (C=O) groups excluding carboxylic acids is 1. The van der Waals surface area contributed by atoms with E-state index in [4.69, 9.17) is 4.74 Å². The summed E-state index contributed by atoms with van der Waals surface area (Å²) in [5.41, 5.74) is 4.60. The largest absolute Gasteiger partial charge is 0.508 e. The summed E-state index contributed by atoms with van der Waals surface area (Å²) in [5.74, 6) is 0.466. The van der Waals surface area contributed by atoms with E-state index < -0.39 is 0 Å². The summed E-state index contributed by atoms with van der Waals surface area (Å²) >= 11 is 0. The number of hydrogen-bond donors (Lipinski definition) is 1. The number of benzene rings is 2. The van der Waals surface area contributed by atoms with E-state index in [1.165, 1.54) is 7.11 Å². The second-order valence-electron chi connectivity index (χ2n) is 5.59. The van der Waals surface area contributed by atoms with Crippen LogP contribution in [-0.4, -0.2) is 18.2 Å². The van der Waals surface area contributed by atoms with Crippen LogP contribution in [0.15, 0.2) is 49.0 Å². The first-order valence-electron chi connectivity index (χ1n) is 7.31. The van der Waals surface area contributed by atoms with E-state index in [0.29, 0.717) is 17.2 Å². The first-order valence-corrected chi connectivity index (χ1v) is 7.31. The SMILES string of the molecule is C=C(c1ccc(C(=O)OC)cc1)c1ccc(O)cc1C1CC1. The van der Waals surface area contributed by atoms with Crippen LogP contribution in [0.1, 0.15) is 45.8 Å². The van der Waals surface area contributed by atoms with E-state index in [1.54, 1.807) is 18.2 Å². The molecule has 3 heteroatoms. The molecule has 2 aromatic rings. The molecule has 0 spiro atoms. The molecule has 2 aromatic carbocycles. The van der Waals surface area contributed by atoms with E-state index in [1.807, 2.05) is 24.3 Å². The third kappa shape index (κ3) is 2.75. The Bertz CT molecular complexity index is 725. The Kier molecular flexibility index (Phi) is 3.72. The fraction of sp³-hybridized carbons (Fsp3) is 0.211. The van der Waals surface area contributed by atoms with Gasteiger partial charge in [0.2, 0.25) is 0 Å². The van der Waals surface area contributed by atoms with Crippen LogP contribution in [0.5, 0.6) is 5.75 Å². The van der Waals surface area contributed by atoms with Gasteiger partial charge in [0.05, 0.1) is 12.7 Å². The second kappa shape index (κ2) is 5.68. The summed E-state index contributed by atoms with van der Waals surface area (Å²) in [6.07, 6.45) is 2.32. The lowest BCUT2D eigenvalue weighted by Crippen LogP contribution is -2.01. The van der Waals surface area contributed by atoms with Crippen LogP contribution >= 0.6 is 0 Å². The minimum Gasteiger partial charge on any atom is -0.508 e. The fourth-order valence-electron chi connectivity index (χ4n) is 2.64. The summed E-state index contributed by atoms with van der Waals surface area (Å²) in [4.78, 5) is 11.5. The molecule has 22 heavy (non-hydrogen) atoms. The molecule has 0 radical (unpaired) electrons. The number of phenolic OH excluding ortho intramolecular Hbond substituents is 1. The van der Waals surface area contributed by atoms with Crippen molar-refractivity contribution in [1.29, 1.82) is 0 Å². The number of carbonyl (C=O) groups is 1. The molecule has 1 fully saturated rings. The Morgan fingerprint density at radius 2 is 1.77 bits per heavy atom. The molecule has 0 aliphatic heterocycles. The van der Waals surface area contributed by atoms with Gasteiger partial charge in [-0.15, -0.1) is 0 Å². The minimum atomic E-state index is -0.347. The van der Waals surface area contributed by atoms with Crippen LogP contribution in [0.25, 0.3) is 5.57 Å². The summed E-state index contributed by atoms with van der Waals surface area (Å²) in [7, 11) is 1.37. The molecule has 0 heterocycles. The van der Waals surface area contributed by atoms with Crippen molar-refractivity contribution in [2.45, 2.75) is 18.8 Å². The highest BCUT2D eigenvalue weighted by Gasteiger charge is 2.27. The predicted octanol–water partition coefficient (Wildman–Crippen LogP) is 4.12. The molecule has 3 rings (SSSR count). The molecule has 0 saturated heterocycles. The summed E-state index contributed by atoms with van der Waals surface area (Å²) in [6, 6.07) is 12.7. The molecular formula is C19H18O3. The lowest BCUT2D eigenvalue weighted by atomic mass is 9.92. The monoisotopic (exact) mass is 294 g/mol. The molecule has 112 valence electrons. The molecule has 1 N–H and O–H groups in total. The smallest absolute Gasteiger partial charge is 0.337 e. The van der Waals surface area contributed by atoms with Crippen LogP contribution in [0.3, 0.4) is 0 Å². The van der Waals surface area contributed by atoms with Gasteiger partial charge in [0.15, 0.2) is 0 Å². The van der Waals surface area contributed by atoms with Gasteiger partial charge in [-0.3, -0.25) is 0 Å². The van der Waals surface area contributed by atoms with Gasteiger partial charge in [-0.1, -0.05) is 24.8 Å². The number of phenols is 1. The van der Waals surface area contributed by atoms with E-state index in [-0.39, 0.29) is 5.97 Å². The van der Waals surface area contributed by atoms with Crippen molar-refractivity contribution < 1.29 is 14.6 Å². The first-order chi connectivity index (χ1) is 10.6. The Hall–Kier alpha value is -2.55. The van der Waals surface area contributed by atoms with Gasteiger partial charge in [0.1, 0.15) is 5.75 Å². The van der Waals surface area contributed by atoms with Crippen LogP contribution < -0.4 is 0 Å². The Morgan fingerprint density at radius 3 is 2.36 bits per heavy atom. The minimum absolute atomic E-state index is 0.291. The third-order valence-electron chi connectivity index (χ3n) is 4.03. The quantitative estimate of drug-likeness (QED) is 0.863. The standard InChI is InChI=1S/C19H18O3/c1-12(13-3-7-15(8-4-13)19(21)22-2)17-10-9-16(20)11-18(17)14-5-6-14/h3-4,7-11,14,20H,1,5-6H2,2H3. The van der Waals surface area contributed by atoms with Gasteiger partial charge in [0, 0.05) is 0 Å². The molecule has 0 bridgehead atoms. The van der Waals surface area contributed by atoms with Crippen molar-refractivity contribution in [3.05, 3.63) is 71.3 Å². The predicted molar refractivity (Wildman–Crippen MR) is 86.0 cm³/mol. The van der Waals surface area contributed by atoms with Crippen molar-refractivity contribution in [2.24, 2.45) is 0 Å². The lowest BCUT2D eigenvalue weighted by Gasteiger charge is -2.13. The number of aromatic hydroxyl groups is 1. The lowest BCUT2D eigenvalue weighted by molar-refractivity contribution is 0.0600. The van der Waals surface area contributed by atoms with E-state index in [0.717, 1.165) is 35.1 Å². The number of esters is 1. The van der Waals surface area contributed by atoms with Crippen molar-refractivity contribution in [2.75, 3.05) is 7.11 Å². The Balaban J connectivity index is 1.92. The fourth-order valence-corrected chi connectivity index (χ4v) is 2.64. The maximum Gasteiger partial charge on any atom is 0.337 e. The average molecular weight is 294 g/mol. The second-order valence-corrected chi connectivity index (χ2v) is 5.59. The zero-order valence-corrected chi connectivity index (χ0v) is 12.5. The zero-order chi connectivity index (χ0) is 15.7. The van der Waals surface area contributed by atoms with Crippen LogP contribution in [0, 0.1) is 0 Å². The summed E-state index contributed by atoms with van der Waals surface area (Å²) in [5, 5.41) is 9.71. The number of methoxy groups -OCH3 is 1. The third-order valence-corrected chi connectivity index (χ3v) is 4.03. The molecule has 0 atom stereocenters. The van der Waals surface area contributed by atoms with Crippen LogP contribution in [0.2, 0.25) is 0 Å². The average Bonchev–Trinajstić information content (AvgIpc) is 3.38. The maximum absolute atomic E-state index is 11.5. The van der Waals surface area contributed by atoms with Crippen molar-refractivity contribution in [3.8, 4) is 5.75 Å². The van der Waals surface area contributed by atoms with E-state index >= 15 is 0 Å². The highest BCUT2D eigenvalue weighted by molar-refractivity contribution is 5.90. The van der Waals surface area contributed by atoms with Crippen molar-refractivity contribution >= 4 is 11.5 Å². The molecule has 1 aliphatic rings. The molecule has 0 aromatic heterocycles. The van der Waals surface area contributed by atoms with Gasteiger partial charge < -0.3 is 9.84 Å². The van der Waals surface area contributed by atoms with E-state index in [2.05, 4.69) is 6.58 Å². The van der Waals surface area contributed by atoms with Gasteiger partial charge in [-0.2, -0.15) is 0 Å². The number of hydrogen-bond acceptors (Lipinski definition) is 3. The highest BCUT2D eigenvalue weighted by Crippen LogP contribution is 2.44. The summed E-state index contributed by atoms with van der Waals surface area (Å²) < 4.78 is 4.70. The molecule has 3 nitrogen and oxygen atoms in total. The summed E-state index contributed by atoms with van der Waals surface area (Å²) in [6.45, 7) is 4.19. The van der Waals surface area contributed by atoms with Crippen molar-refractivity contribution in [1.82, 2.24) is 0 Å². The number of rotatable bonds is 4. The van der Waals surface area contributed by atoms with Gasteiger partial charge in [-0.25, -0.2) is 4.79 Å². The number of ether oxygens (including phenoxy) is 1. The van der Waals surface area contributed by atoms with Gasteiger partial charge in [-0.05, 0) is 65.3 Å². The van der Waals surface area contributed by atoms with Crippen LogP contribution in [0.4, 0.5) is 0 Å². The molecule has 0 unspecified atom stereocenters. The Labute approximate surface area is 129 Å². The van der Waals surface area contributed by atoms with Crippen molar-refractivity contribution in [3.63, 3.8) is 0 Å². The maximum atomic E-state index is 11.5. The van der Waals surface area contributed by atoms with Gasteiger partial charge in [0.25, 0.3) is 0 Å².